The summed E-state index contributed by atoms with van der Waals surface area (Å²) in [5, 5.41) is 9.52. The largest absolute Gasteiger partial charge is 0.481 e. The van der Waals surface area contributed by atoms with Crippen LogP contribution in [-0.4, -0.2) is 34.5 Å². The van der Waals surface area contributed by atoms with Gasteiger partial charge in [0.1, 0.15) is 0 Å². The van der Waals surface area contributed by atoms with E-state index in [9.17, 15) is 9.59 Å². The maximum atomic E-state index is 12.4. The first-order valence-electron chi connectivity index (χ1n) is 7.82. The van der Waals surface area contributed by atoms with E-state index < -0.39 is 5.97 Å². The average Bonchev–Trinajstić information content (AvgIpc) is 2.52. The van der Waals surface area contributed by atoms with E-state index in [1.54, 1.807) is 0 Å². The van der Waals surface area contributed by atoms with Gasteiger partial charge in [0.15, 0.2) is 0 Å². The molecule has 22 heavy (non-hydrogen) atoms. The van der Waals surface area contributed by atoms with Crippen LogP contribution in [-0.2, 0) is 16.0 Å². The number of halogens is 1. The van der Waals surface area contributed by atoms with Gasteiger partial charge in [-0.2, -0.15) is 0 Å². The number of piperidine rings is 1. The van der Waals surface area contributed by atoms with Crippen LogP contribution >= 0.6 is 11.6 Å². The van der Waals surface area contributed by atoms with Crippen molar-refractivity contribution in [2.75, 3.05) is 6.54 Å². The number of amides is 1. The summed E-state index contributed by atoms with van der Waals surface area (Å²) in [6.45, 7) is 0.754. The van der Waals surface area contributed by atoms with Gasteiger partial charge in [-0.25, -0.2) is 0 Å². The Bertz CT molecular complexity index is 515. The zero-order valence-corrected chi connectivity index (χ0v) is 13.4. The van der Waals surface area contributed by atoms with E-state index in [1.807, 2.05) is 29.2 Å². The maximum absolute atomic E-state index is 12.4. The second kappa shape index (κ2) is 8.18. The van der Waals surface area contributed by atoms with Gasteiger partial charge in [0.25, 0.3) is 0 Å². The van der Waals surface area contributed by atoms with Crippen molar-refractivity contribution >= 4 is 23.5 Å². The van der Waals surface area contributed by atoms with E-state index in [4.69, 9.17) is 16.7 Å². The lowest BCUT2D eigenvalue weighted by molar-refractivity contribution is -0.140. The predicted octanol–water partition coefficient (Wildman–Crippen LogP) is 3.52. The minimum Gasteiger partial charge on any atom is -0.481 e. The Kier molecular flexibility index (Phi) is 6.25. The minimum absolute atomic E-state index is 0.0857. The van der Waals surface area contributed by atoms with Gasteiger partial charge in [0.2, 0.25) is 5.91 Å². The lowest BCUT2D eigenvalue weighted by atomic mass is 9.97. The number of benzene rings is 1. The van der Waals surface area contributed by atoms with Crippen LogP contribution < -0.4 is 0 Å². The van der Waals surface area contributed by atoms with Gasteiger partial charge in [-0.3, -0.25) is 9.59 Å². The van der Waals surface area contributed by atoms with Gasteiger partial charge in [-0.15, -0.1) is 0 Å². The van der Waals surface area contributed by atoms with Gasteiger partial charge in [0, 0.05) is 30.5 Å². The summed E-state index contributed by atoms with van der Waals surface area (Å²) in [6.07, 6.45) is 4.85. The monoisotopic (exact) mass is 323 g/mol. The molecule has 0 bridgehead atoms. The summed E-state index contributed by atoms with van der Waals surface area (Å²) >= 11 is 5.85. The highest BCUT2D eigenvalue weighted by atomic mass is 35.5. The lowest BCUT2D eigenvalue weighted by Gasteiger charge is -2.35. The molecular weight excluding hydrogens is 302 g/mol. The number of rotatable bonds is 6. The fourth-order valence-corrected chi connectivity index (χ4v) is 3.09. The van der Waals surface area contributed by atoms with E-state index in [1.165, 1.54) is 0 Å². The standard InChI is InChI=1S/C17H22ClNO3/c18-14-7-4-13(5-8-14)6-10-16(20)19-12-2-1-3-15(19)9-11-17(21)22/h4-5,7-8,15H,1-3,6,9-12H2,(H,21,22). The number of nitrogens with zero attached hydrogens (tertiary/aromatic N) is 1. The molecule has 1 atom stereocenters. The third-order valence-electron chi connectivity index (χ3n) is 4.18. The molecule has 1 aromatic rings. The molecule has 120 valence electrons. The van der Waals surface area contributed by atoms with Crippen molar-refractivity contribution < 1.29 is 14.7 Å². The van der Waals surface area contributed by atoms with Crippen LogP contribution in [0.5, 0.6) is 0 Å². The van der Waals surface area contributed by atoms with Crippen molar-refractivity contribution in [2.45, 2.75) is 51.0 Å². The summed E-state index contributed by atoms with van der Waals surface area (Å²) in [6, 6.07) is 7.62. The first kappa shape index (κ1) is 16.8. The smallest absolute Gasteiger partial charge is 0.303 e. The quantitative estimate of drug-likeness (QED) is 0.871. The molecule has 0 spiro atoms. The highest BCUT2D eigenvalue weighted by Gasteiger charge is 2.26. The average molecular weight is 324 g/mol. The summed E-state index contributed by atoms with van der Waals surface area (Å²) in [5.74, 6) is -0.663. The molecule has 0 radical (unpaired) electrons. The Hall–Kier alpha value is -1.55. The predicted molar refractivity (Wildman–Crippen MR) is 86.0 cm³/mol. The highest BCUT2D eigenvalue weighted by Crippen LogP contribution is 2.22. The Balaban J connectivity index is 1.88. The molecular formula is C17H22ClNO3. The molecule has 0 saturated carbocycles. The number of aliphatic carboxylic acids is 1. The Morgan fingerprint density at radius 2 is 1.91 bits per heavy atom. The van der Waals surface area contributed by atoms with Crippen molar-refractivity contribution in [1.29, 1.82) is 0 Å². The number of likely N-dealkylation sites (tertiary alicyclic amines) is 1. The highest BCUT2D eigenvalue weighted by molar-refractivity contribution is 6.30. The number of hydrogen-bond acceptors (Lipinski definition) is 2. The molecule has 1 fully saturated rings. The van der Waals surface area contributed by atoms with Crippen molar-refractivity contribution in [3.8, 4) is 0 Å². The van der Waals surface area contributed by atoms with Gasteiger partial charge in [0.05, 0.1) is 0 Å². The molecule has 1 heterocycles. The van der Waals surface area contributed by atoms with Gasteiger partial charge < -0.3 is 10.0 Å². The molecule has 1 aromatic carbocycles. The number of aryl methyl sites for hydroxylation is 1. The van der Waals surface area contributed by atoms with Crippen LogP contribution in [0, 0.1) is 0 Å². The van der Waals surface area contributed by atoms with E-state index in [-0.39, 0.29) is 18.4 Å². The number of carbonyl (C=O) groups is 2. The van der Waals surface area contributed by atoms with E-state index in [0.717, 1.165) is 31.4 Å². The molecule has 0 aromatic heterocycles. The molecule has 2 rings (SSSR count). The molecule has 1 aliphatic heterocycles. The SMILES string of the molecule is O=C(O)CCC1CCCCN1C(=O)CCc1ccc(Cl)cc1. The lowest BCUT2D eigenvalue weighted by Crippen LogP contribution is -2.44. The van der Waals surface area contributed by atoms with Gasteiger partial charge in [-0.05, 0) is 49.8 Å². The molecule has 0 aliphatic carbocycles. The molecule has 1 aliphatic rings. The summed E-state index contributed by atoms with van der Waals surface area (Å²) in [5.41, 5.74) is 1.09. The van der Waals surface area contributed by atoms with E-state index >= 15 is 0 Å². The van der Waals surface area contributed by atoms with Crippen molar-refractivity contribution in [2.24, 2.45) is 0 Å². The molecule has 1 N–H and O–H groups in total. The maximum Gasteiger partial charge on any atom is 0.303 e. The fourth-order valence-electron chi connectivity index (χ4n) is 2.97. The Labute approximate surface area is 136 Å². The van der Waals surface area contributed by atoms with Crippen LogP contribution in [0.25, 0.3) is 0 Å². The van der Waals surface area contributed by atoms with Crippen LogP contribution in [0.15, 0.2) is 24.3 Å². The second-order valence-corrected chi connectivity index (χ2v) is 6.23. The van der Waals surface area contributed by atoms with Crippen molar-refractivity contribution in [3.63, 3.8) is 0 Å². The Morgan fingerprint density at radius 3 is 2.59 bits per heavy atom. The Morgan fingerprint density at radius 1 is 1.18 bits per heavy atom. The number of carboxylic acids is 1. The van der Waals surface area contributed by atoms with Crippen LogP contribution in [0.1, 0.15) is 44.1 Å². The first-order valence-corrected chi connectivity index (χ1v) is 8.20. The minimum atomic E-state index is -0.792. The van der Waals surface area contributed by atoms with Crippen molar-refractivity contribution in [1.82, 2.24) is 4.90 Å². The zero-order valence-electron chi connectivity index (χ0n) is 12.6. The second-order valence-electron chi connectivity index (χ2n) is 5.80. The van der Waals surface area contributed by atoms with Crippen molar-refractivity contribution in [3.05, 3.63) is 34.9 Å². The summed E-state index contributed by atoms with van der Waals surface area (Å²) in [4.78, 5) is 25.1. The molecule has 1 unspecified atom stereocenters. The first-order chi connectivity index (χ1) is 10.6. The van der Waals surface area contributed by atoms with Crippen LogP contribution in [0.2, 0.25) is 5.02 Å². The van der Waals surface area contributed by atoms with Crippen LogP contribution in [0.3, 0.4) is 0 Å². The summed E-state index contributed by atoms with van der Waals surface area (Å²) in [7, 11) is 0. The molecule has 5 heteroatoms. The van der Waals surface area contributed by atoms with Gasteiger partial charge >= 0.3 is 5.97 Å². The van der Waals surface area contributed by atoms with E-state index in [0.29, 0.717) is 24.3 Å². The van der Waals surface area contributed by atoms with Gasteiger partial charge in [-0.1, -0.05) is 23.7 Å². The number of hydrogen-bond donors (Lipinski definition) is 1. The molecule has 1 amide bonds. The third-order valence-corrected chi connectivity index (χ3v) is 4.43. The molecule has 4 nitrogen and oxygen atoms in total. The summed E-state index contributed by atoms with van der Waals surface area (Å²) < 4.78 is 0. The molecule has 1 saturated heterocycles. The number of carbonyl (C=O) groups excluding carboxylic acids is 1. The third kappa shape index (κ3) is 5.02. The van der Waals surface area contributed by atoms with Crippen LogP contribution in [0.4, 0.5) is 0 Å². The van der Waals surface area contributed by atoms with E-state index in [2.05, 4.69) is 0 Å². The number of carboxylic acid groups (broad SMARTS) is 1. The fraction of sp³-hybridized carbons (Fsp3) is 0.529. The normalized spacial score (nSPS) is 18.2. The topological polar surface area (TPSA) is 57.6 Å². The zero-order chi connectivity index (χ0) is 15.9.